The van der Waals surface area contributed by atoms with E-state index < -0.39 is 8.17 Å². The number of thioether (sulfide) groups is 3. The van der Waals surface area contributed by atoms with Gasteiger partial charge in [0.05, 0.1) is 0 Å². The monoisotopic (exact) mass is 1160 g/mol. The van der Waals surface area contributed by atoms with Crippen LogP contribution in [-0.2, 0) is 64.8 Å². The van der Waals surface area contributed by atoms with Crippen molar-refractivity contribution in [1.29, 1.82) is 0 Å². The summed E-state index contributed by atoms with van der Waals surface area (Å²) in [5.41, 5.74) is 24.6. The Morgan fingerprint density at radius 3 is 0.988 bits per heavy atom. The van der Waals surface area contributed by atoms with Crippen molar-refractivity contribution in [2.75, 3.05) is 37.0 Å². The van der Waals surface area contributed by atoms with Crippen LogP contribution in [0.5, 0.6) is 0 Å². The third-order valence-electron chi connectivity index (χ3n) is 12.2. The van der Waals surface area contributed by atoms with Crippen molar-refractivity contribution in [1.82, 2.24) is 45.9 Å². The molecule has 0 bridgehead atoms. The van der Waals surface area contributed by atoms with Crippen molar-refractivity contribution in [3.8, 4) is 0 Å². The van der Waals surface area contributed by atoms with E-state index in [1.807, 2.05) is 91.0 Å². The van der Waals surface area contributed by atoms with Gasteiger partial charge in [0, 0.05) is 108 Å². The number of aryl methyl sites for hydroxylation is 3. The minimum atomic E-state index is -4.20. The van der Waals surface area contributed by atoms with Crippen LogP contribution < -0.4 is 33.2 Å². The summed E-state index contributed by atoms with van der Waals surface area (Å²) < 4.78 is 18.9. The highest BCUT2D eigenvalue weighted by Crippen LogP contribution is 2.59. The molecule has 0 unspecified atom stereocenters. The molecule has 0 saturated heterocycles. The Balaban J connectivity index is 1.25. The summed E-state index contributed by atoms with van der Waals surface area (Å²) in [5, 5.41) is 8.83. The Morgan fingerprint density at radius 2 is 0.738 bits per heavy atom. The number of carbonyl (C=O) groups excluding carboxylic acids is 3. The molecule has 3 aromatic heterocycles. The molecule has 0 spiro atoms. The molecule has 10 N–H and O–H groups in total. The van der Waals surface area contributed by atoms with Gasteiger partial charge in [0.15, 0.2) is 0 Å². The Bertz CT molecular complexity index is 2810. The molecule has 0 aliphatic rings. The van der Waals surface area contributed by atoms with Crippen molar-refractivity contribution in [2.24, 2.45) is 0 Å². The van der Waals surface area contributed by atoms with Crippen LogP contribution >= 0.6 is 43.5 Å². The fourth-order valence-electron chi connectivity index (χ4n) is 7.46. The first kappa shape index (κ1) is 62.4. The molecule has 6 rings (SSSR count). The highest BCUT2D eigenvalue weighted by molar-refractivity contribution is 8.02. The molecular formula is C57H70N12O7PS3+. The average molecular weight is 1160 g/mol. The highest BCUT2D eigenvalue weighted by atomic mass is 32.2. The van der Waals surface area contributed by atoms with E-state index in [-0.39, 0.29) is 93.9 Å². The van der Waals surface area contributed by atoms with Gasteiger partial charge in [-0.1, -0.05) is 91.0 Å². The van der Waals surface area contributed by atoms with Gasteiger partial charge in [-0.25, -0.2) is 29.9 Å². The first-order valence-corrected chi connectivity index (χ1v) is 30.2. The highest BCUT2D eigenvalue weighted by Gasteiger charge is 2.45. The van der Waals surface area contributed by atoms with Crippen molar-refractivity contribution < 1.29 is 32.8 Å². The van der Waals surface area contributed by atoms with Crippen molar-refractivity contribution in [3.63, 3.8) is 0 Å². The van der Waals surface area contributed by atoms with E-state index in [0.717, 1.165) is 16.7 Å². The molecule has 23 heteroatoms. The average Bonchev–Trinajstić information content (AvgIpc) is 3.45. The van der Waals surface area contributed by atoms with Crippen LogP contribution in [0.1, 0.15) is 90.9 Å². The largest absolute Gasteiger partial charge is 0.572 e. The summed E-state index contributed by atoms with van der Waals surface area (Å²) in [6.45, 7) is 10.4. The van der Waals surface area contributed by atoms with Crippen LogP contribution in [0.25, 0.3) is 0 Å². The number of hydrogen-bond donors (Lipinski definition) is 7. The molecule has 0 atom stereocenters. The fraction of sp³-hybridized carbons (Fsp3) is 0.316. The van der Waals surface area contributed by atoms with Gasteiger partial charge in [0.1, 0.15) is 54.7 Å². The van der Waals surface area contributed by atoms with Gasteiger partial charge in [-0.2, -0.15) is 18.5 Å². The lowest BCUT2D eigenvalue weighted by Gasteiger charge is -2.18. The molecule has 422 valence electrons. The van der Waals surface area contributed by atoms with E-state index in [2.05, 4.69) is 45.9 Å². The maximum absolute atomic E-state index is 13.8. The van der Waals surface area contributed by atoms with Crippen LogP contribution in [0.15, 0.2) is 141 Å². The van der Waals surface area contributed by atoms with Crippen LogP contribution in [0.4, 0.5) is 17.5 Å². The zero-order valence-electron chi connectivity index (χ0n) is 45.9. The lowest BCUT2D eigenvalue weighted by Crippen LogP contribution is -2.25. The van der Waals surface area contributed by atoms with Gasteiger partial charge in [0.2, 0.25) is 17.7 Å². The predicted octanol–water partition coefficient (Wildman–Crippen LogP) is 9.49. The van der Waals surface area contributed by atoms with Gasteiger partial charge in [-0.15, -0.1) is 35.3 Å². The van der Waals surface area contributed by atoms with E-state index in [4.69, 9.17) is 30.8 Å². The third-order valence-corrected chi connectivity index (χ3v) is 17.7. The summed E-state index contributed by atoms with van der Waals surface area (Å²) >= 11 is 4.43. The van der Waals surface area contributed by atoms with Crippen molar-refractivity contribution in [2.45, 2.75) is 97.7 Å². The van der Waals surface area contributed by atoms with Gasteiger partial charge in [-0.05, 0) is 72.9 Å². The molecule has 19 nitrogen and oxygen atoms in total. The molecule has 0 fully saturated rings. The number of nitrogens with one attached hydrogen (secondary N) is 3. The number of carbonyl (C=O) groups is 3. The van der Waals surface area contributed by atoms with Gasteiger partial charge in [0.25, 0.3) is 0 Å². The maximum Gasteiger partial charge on any atom is 0.572 e. The topological polar surface area (TPSA) is 291 Å². The standard InChI is InChI=1S/C57H69N12O7PS3/c1-37(55(70)64-31-46-28-61-40(4)67-52(46)58)49(78-34-43-16-10-7-11-17-43)22-25-74-77(73,75-26-23-50(79-35-44-18-12-8-13-19-44)38(2)56(71)65-32-47-29-62-41(5)68-53(47)59)76-27-24-51(80-36-45-20-14-9-15-21-45)39(3)57(72)66-33-48-30-63-42(6)69-54(48)60/h7-21,28-30,73H,22-27,31-36H2,1-6H3,(H8-,58,59,60,61,62,63,64,65,66,67,68,69,70,71,72)/p+1/b49-37-,50-38-,51-39+. The minimum absolute atomic E-state index is 0.109. The summed E-state index contributed by atoms with van der Waals surface area (Å²) in [4.78, 5) is 81.3. The van der Waals surface area contributed by atoms with Gasteiger partial charge >= 0.3 is 8.17 Å². The lowest BCUT2D eigenvalue weighted by molar-refractivity contribution is -0.118. The van der Waals surface area contributed by atoms with E-state index in [9.17, 15) is 19.3 Å². The molecule has 3 amide bonds. The number of benzene rings is 3. The van der Waals surface area contributed by atoms with E-state index in [0.29, 0.717) is 82.9 Å². The smallest absolute Gasteiger partial charge is 0.383 e. The van der Waals surface area contributed by atoms with Gasteiger partial charge in [-0.3, -0.25) is 14.4 Å². The molecule has 0 radical (unpaired) electrons. The molecule has 80 heavy (non-hydrogen) atoms. The summed E-state index contributed by atoms with van der Waals surface area (Å²) in [5.74, 6) is 3.05. The number of amides is 3. The molecule has 0 aliphatic heterocycles. The second-order valence-corrected chi connectivity index (χ2v) is 23.1. The molecule has 0 aliphatic carbocycles. The zero-order chi connectivity index (χ0) is 57.4. The van der Waals surface area contributed by atoms with Gasteiger partial charge < -0.3 is 33.2 Å². The summed E-state index contributed by atoms with van der Waals surface area (Å²) in [7, 11) is -4.20. The number of nitrogen functional groups attached to an aromatic ring is 3. The fourth-order valence-corrected chi connectivity index (χ4v) is 11.9. The predicted molar refractivity (Wildman–Crippen MR) is 321 cm³/mol. The summed E-state index contributed by atoms with van der Waals surface area (Å²) in [6, 6.07) is 29.6. The zero-order valence-corrected chi connectivity index (χ0v) is 49.2. The molecular weight excluding hydrogens is 1090 g/mol. The number of nitrogens with two attached hydrogens (primary N) is 3. The normalized spacial score (nSPS) is 12.5. The summed E-state index contributed by atoms with van der Waals surface area (Å²) in [6.07, 6.45) is 5.36. The Labute approximate surface area is 481 Å². The third kappa shape index (κ3) is 20.4. The first-order chi connectivity index (χ1) is 38.5. The van der Waals surface area contributed by atoms with Crippen LogP contribution in [0.3, 0.4) is 0 Å². The van der Waals surface area contributed by atoms with E-state index in [1.54, 1.807) is 60.1 Å². The molecule has 3 heterocycles. The SMILES string of the molecule is C/C(C(=O)NCc1cnc(C)nc1N)=C(\CCO[P+](O)(OCC/C(SCc1ccccc1)=C(\C)C(=O)NCc1cnc(C)nc1N)OCC/C(SCc1ccccc1)=C(/C)C(=O)NCc1cnc(C)nc1N)SCc1ccccc1. The molecule has 6 aromatic rings. The Hall–Kier alpha value is -6.75. The van der Waals surface area contributed by atoms with E-state index in [1.165, 1.54) is 35.3 Å². The Morgan fingerprint density at radius 1 is 0.475 bits per heavy atom. The lowest BCUT2D eigenvalue weighted by atomic mass is 10.2. The van der Waals surface area contributed by atoms with Crippen molar-refractivity contribution >= 4 is 78.6 Å². The minimum Gasteiger partial charge on any atom is -0.383 e. The quantitative estimate of drug-likeness (QED) is 0.0163. The number of nitrogens with zero attached hydrogens (tertiary/aromatic N) is 6. The molecule has 3 aromatic carbocycles. The maximum atomic E-state index is 13.8. The number of anilines is 3. The second kappa shape index (κ2) is 31.9. The van der Waals surface area contributed by atoms with Crippen LogP contribution in [0.2, 0.25) is 0 Å². The number of hydrogen-bond acceptors (Lipinski definition) is 19. The second-order valence-electron chi connectivity index (χ2n) is 18.2. The van der Waals surface area contributed by atoms with Crippen LogP contribution in [0, 0.1) is 20.8 Å². The van der Waals surface area contributed by atoms with Crippen molar-refractivity contribution in [3.05, 3.63) is 192 Å². The van der Waals surface area contributed by atoms with Crippen LogP contribution in [-0.4, -0.2) is 72.3 Å². The number of rotatable bonds is 30. The number of aromatic nitrogens is 6. The first-order valence-electron chi connectivity index (χ1n) is 25.7. The Kier molecular flexibility index (Phi) is 24.9. The van der Waals surface area contributed by atoms with E-state index >= 15 is 0 Å². The molecule has 0 saturated carbocycles.